The summed E-state index contributed by atoms with van der Waals surface area (Å²) in [6.07, 6.45) is 4.51. The molecule has 0 bridgehead atoms. The summed E-state index contributed by atoms with van der Waals surface area (Å²) < 4.78 is 1.73. The second-order valence-corrected chi connectivity index (χ2v) is 3.98. The van der Waals surface area contributed by atoms with Crippen LogP contribution in [0.25, 0.3) is 0 Å². The first-order chi connectivity index (χ1) is 6.70. The molecular formula is C9H16N4O. The van der Waals surface area contributed by atoms with Crippen LogP contribution in [0.1, 0.15) is 25.1 Å². The summed E-state index contributed by atoms with van der Waals surface area (Å²) in [5.74, 6) is 0.896. The summed E-state index contributed by atoms with van der Waals surface area (Å²) in [5, 5.41) is 17.0. The molecule has 0 saturated heterocycles. The standard InChI is InChI=1S/C9H16N4O/c1-13-8(11-7-12-13)5-10-6-9(14)3-2-4-9/h7,10,14H,2-6H2,1H3. The minimum atomic E-state index is -0.460. The van der Waals surface area contributed by atoms with Crippen LogP contribution in [0.15, 0.2) is 6.33 Å². The van der Waals surface area contributed by atoms with Crippen molar-refractivity contribution in [2.45, 2.75) is 31.4 Å². The van der Waals surface area contributed by atoms with Gasteiger partial charge in [0.05, 0.1) is 12.1 Å². The fourth-order valence-electron chi connectivity index (χ4n) is 1.65. The van der Waals surface area contributed by atoms with Crippen molar-refractivity contribution >= 4 is 0 Å². The van der Waals surface area contributed by atoms with Gasteiger partial charge in [0.1, 0.15) is 12.2 Å². The number of nitrogens with zero attached hydrogens (tertiary/aromatic N) is 3. The number of rotatable bonds is 4. The molecule has 1 heterocycles. The van der Waals surface area contributed by atoms with Gasteiger partial charge in [-0.2, -0.15) is 5.10 Å². The minimum Gasteiger partial charge on any atom is -0.389 e. The van der Waals surface area contributed by atoms with Crippen molar-refractivity contribution < 1.29 is 5.11 Å². The van der Waals surface area contributed by atoms with E-state index in [9.17, 15) is 5.11 Å². The number of nitrogens with one attached hydrogen (secondary N) is 1. The molecule has 78 valence electrons. The van der Waals surface area contributed by atoms with Crippen molar-refractivity contribution in [2.75, 3.05) is 6.54 Å². The van der Waals surface area contributed by atoms with Crippen LogP contribution >= 0.6 is 0 Å². The molecule has 1 aliphatic carbocycles. The predicted molar refractivity (Wildman–Crippen MR) is 51.5 cm³/mol. The second-order valence-electron chi connectivity index (χ2n) is 3.98. The Bertz CT molecular complexity index is 306. The highest BCUT2D eigenvalue weighted by atomic mass is 16.3. The summed E-state index contributed by atoms with van der Waals surface area (Å²) in [7, 11) is 1.86. The van der Waals surface area contributed by atoms with Crippen molar-refractivity contribution in [3.05, 3.63) is 12.2 Å². The van der Waals surface area contributed by atoms with Crippen molar-refractivity contribution in [1.82, 2.24) is 20.1 Å². The first kappa shape index (κ1) is 9.61. The number of hydrogen-bond acceptors (Lipinski definition) is 4. The molecule has 5 nitrogen and oxygen atoms in total. The van der Waals surface area contributed by atoms with Gasteiger partial charge in [0.25, 0.3) is 0 Å². The third-order valence-corrected chi connectivity index (χ3v) is 2.83. The van der Waals surface area contributed by atoms with E-state index in [1.165, 1.54) is 6.33 Å². The number of aromatic nitrogens is 3. The second kappa shape index (κ2) is 3.67. The molecule has 0 unspecified atom stereocenters. The fraction of sp³-hybridized carbons (Fsp3) is 0.778. The molecule has 0 amide bonds. The Morgan fingerprint density at radius 1 is 1.64 bits per heavy atom. The van der Waals surface area contributed by atoms with Crippen molar-refractivity contribution in [3.8, 4) is 0 Å². The Labute approximate surface area is 83.2 Å². The van der Waals surface area contributed by atoms with Crippen molar-refractivity contribution in [1.29, 1.82) is 0 Å². The predicted octanol–water partition coefficient (Wildman–Crippen LogP) is -0.180. The van der Waals surface area contributed by atoms with Gasteiger partial charge in [-0.1, -0.05) is 0 Å². The molecular weight excluding hydrogens is 180 g/mol. The first-order valence-corrected chi connectivity index (χ1v) is 4.96. The molecule has 0 spiro atoms. The molecule has 2 rings (SSSR count). The zero-order chi connectivity index (χ0) is 10.0. The molecule has 0 radical (unpaired) electrons. The van der Waals surface area contributed by atoms with E-state index in [0.717, 1.165) is 25.1 Å². The molecule has 1 aromatic rings. The fourth-order valence-corrected chi connectivity index (χ4v) is 1.65. The van der Waals surface area contributed by atoms with Gasteiger partial charge in [-0.05, 0) is 19.3 Å². The van der Waals surface area contributed by atoms with Crippen molar-refractivity contribution in [3.63, 3.8) is 0 Å². The van der Waals surface area contributed by atoms with E-state index in [4.69, 9.17) is 0 Å². The third-order valence-electron chi connectivity index (χ3n) is 2.83. The summed E-state index contributed by atoms with van der Waals surface area (Å²) >= 11 is 0. The van der Waals surface area contributed by atoms with E-state index in [-0.39, 0.29) is 0 Å². The maximum absolute atomic E-state index is 9.80. The molecule has 0 aliphatic heterocycles. The summed E-state index contributed by atoms with van der Waals surface area (Å²) in [6.45, 7) is 1.32. The van der Waals surface area contributed by atoms with Gasteiger partial charge in [-0.3, -0.25) is 4.68 Å². The summed E-state index contributed by atoms with van der Waals surface area (Å²) in [6, 6.07) is 0. The maximum Gasteiger partial charge on any atom is 0.140 e. The average Bonchev–Trinajstić information content (AvgIpc) is 2.49. The summed E-state index contributed by atoms with van der Waals surface area (Å²) in [4.78, 5) is 4.09. The molecule has 0 atom stereocenters. The van der Waals surface area contributed by atoms with Crippen LogP contribution in [0.3, 0.4) is 0 Å². The molecule has 2 N–H and O–H groups in total. The van der Waals surface area contributed by atoms with Crippen LogP contribution in [0.5, 0.6) is 0 Å². The van der Waals surface area contributed by atoms with E-state index in [2.05, 4.69) is 15.4 Å². The number of hydrogen-bond donors (Lipinski definition) is 2. The van der Waals surface area contributed by atoms with Gasteiger partial charge in [0.15, 0.2) is 0 Å². The molecule has 1 aliphatic rings. The molecule has 1 saturated carbocycles. The number of aryl methyl sites for hydroxylation is 1. The van der Waals surface area contributed by atoms with E-state index in [0.29, 0.717) is 13.1 Å². The van der Waals surface area contributed by atoms with Gasteiger partial charge in [-0.15, -0.1) is 0 Å². The largest absolute Gasteiger partial charge is 0.389 e. The molecule has 5 heteroatoms. The Hall–Kier alpha value is -0.940. The van der Waals surface area contributed by atoms with E-state index in [1.807, 2.05) is 7.05 Å². The number of aliphatic hydroxyl groups is 1. The van der Waals surface area contributed by atoms with Crippen LogP contribution in [0, 0.1) is 0 Å². The first-order valence-electron chi connectivity index (χ1n) is 4.96. The van der Waals surface area contributed by atoms with Crippen LogP contribution in [0.4, 0.5) is 0 Å². The van der Waals surface area contributed by atoms with E-state index in [1.54, 1.807) is 4.68 Å². The average molecular weight is 196 g/mol. The van der Waals surface area contributed by atoms with E-state index < -0.39 is 5.60 Å². The monoisotopic (exact) mass is 196 g/mol. The zero-order valence-corrected chi connectivity index (χ0v) is 8.40. The molecule has 0 aromatic carbocycles. The smallest absolute Gasteiger partial charge is 0.140 e. The van der Waals surface area contributed by atoms with E-state index >= 15 is 0 Å². The quantitative estimate of drug-likeness (QED) is 0.701. The topological polar surface area (TPSA) is 63.0 Å². The third kappa shape index (κ3) is 1.93. The summed E-state index contributed by atoms with van der Waals surface area (Å²) in [5.41, 5.74) is -0.460. The lowest BCUT2D eigenvalue weighted by Gasteiger charge is -2.36. The van der Waals surface area contributed by atoms with Crippen LogP contribution in [0.2, 0.25) is 0 Å². The van der Waals surface area contributed by atoms with Crippen LogP contribution in [-0.4, -0.2) is 32.0 Å². The van der Waals surface area contributed by atoms with Gasteiger partial charge < -0.3 is 10.4 Å². The van der Waals surface area contributed by atoms with Crippen LogP contribution < -0.4 is 5.32 Å². The van der Waals surface area contributed by atoms with Crippen LogP contribution in [-0.2, 0) is 13.6 Å². The Morgan fingerprint density at radius 2 is 2.43 bits per heavy atom. The Morgan fingerprint density at radius 3 is 2.93 bits per heavy atom. The van der Waals surface area contributed by atoms with Gasteiger partial charge in [0, 0.05) is 13.6 Å². The molecule has 1 fully saturated rings. The molecule has 1 aromatic heterocycles. The van der Waals surface area contributed by atoms with Gasteiger partial charge in [-0.25, -0.2) is 4.98 Å². The molecule has 14 heavy (non-hydrogen) atoms. The van der Waals surface area contributed by atoms with Crippen molar-refractivity contribution in [2.24, 2.45) is 7.05 Å². The lowest BCUT2D eigenvalue weighted by Crippen LogP contribution is -2.46. The van der Waals surface area contributed by atoms with Gasteiger partial charge >= 0.3 is 0 Å². The SMILES string of the molecule is Cn1ncnc1CNCC1(O)CCC1. The highest BCUT2D eigenvalue weighted by molar-refractivity contribution is 4.91. The van der Waals surface area contributed by atoms with Gasteiger partial charge in [0.2, 0.25) is 0 Å². The highest BCUT2D eigenvalue weighted by Gasteiger charge is 2.33. The normalized spacial score (nSPS) is 19.3. The lowest BCUT2D eigenvalue weighted by molar-refractivity contribution is -0.0316. The Kier molecular flexibility index (Phi) is 2.52. The minimum absolute atomic E-state index is 0.460. The maximum atomic E-state index is 9.80. The zero-order valence-electron chi connectivity index (χ0n) is 8.40. The Balaban J connectivity index is 1.75. The lowest BCUT2D eigenvalue weighted by atomic mass is 9.80. The highest BCUT2D eigenvalue weighted by Crippen LogP contribution is 2.30.